The summed E-state index contributed by atoms with van der Waals surface area (Å²) >= 11 is 6.13. The number of pyridine rings is 1. The van der Waals surface area contributed by atoms with Crippen LogP contribution in [0.15, 0.2) is 17.8 Å². The topological polar surface area (TPSA) is 86.2 Å². The van der Waals surface area contributed by atoms with Crippen molar-refractivity contribution >= 4 is 45.9 Å². The van der Waals surface area contributed by atoms with Crippen molar-refractivity contribution in [2.75, 3.05) is 36.0 Å². The quantitative estimate of drug-likeness (QED) is 0.658. The van der Waals surface area contributed by atoms with Gasteiger partial charge in [0.05, 0.1) is 24.8 Å². The van der Waals surface area contributed by atoms with E-state index in [1.807, 2.05) is 10.8 Å². The lowest BCUT2D eigenvalue weighted by molar-refractivity contribution is 0.115. The first-order valence-corrected chi connectivity index (χ1v) is 9.52. The molecule has 3 aliphatic heterocycles. The summed E-state index contributed by atoms with van der Waals surface area (Å²) in [5.41, 5.74) is 1.66. The molecule has 1 aromatic carbocycles. The number of piperazine rings is 1. The van der Waals surface area contributed by atoms with Gasteiger partial charge in [-0.05, 0) is 19.1 Å². The van der Waals surface area contributed by atoms with Crippen molar-refractivity contribution in [1.82, 2.24) is 9.88 Å². The van der Waals surface area contributed by atoms with E-state index in [0.717, 1.165) is 0 Å². The van der Waals surface area contributed by atoms with E-state index < -0.39 is 18.0 Å². The first kappa shape index (κ1) is 18.0. The summed E-state index contributed by atoms with van der Waals surface area (Å²) in [6, 6.07) is 1.94. The van der Waals surface area contributed by atoms with E-state index in [9.17, 15) is 19.1 Å². The third-order valence-electron chi connectivity index (χ3n) is 5.73. The molecule has 1 N–H and O–H groups in total. The first-order valence-electron chi connectivity index (χ1n) is 9.15. The molecule has 0 aliphatic carbocycles. The highest BCUT2D eigenvalue weighted by Crippen LogP contribution is 2.51. The van der Waals surface area contributed by atoms with E-state index in [-0.39, 0.29) is 35.6 Å². The molecular weight excluding hydrogens is 403 g/mol. The van der Waals surface area contributed by atoms with Crippen LogP contribution in [0, 0.1) is 5.82 Å². The predicted octanol–water partition coefficient (Wildman–Crippen LogP) is 2.51. The molecule has 0 spiro atoms. The fourth-order valence-electron chi connectivity index (χ4n) is 4.49. The number of halogens is 2. The summed E-state index contributed by atoms with van der Waals surface area (Å²) in [6.07, 6.45) is -1.05. The number of fused-ring (bicyclic) bond motifs is 4. The molecule has 29 heavy (non-hydrogen) atoms. The normalized spacial score (nSPS) is 22.7. The number of nitrogens with zero attached hydrogens (tertiary/aromatic N) is 4. The first-order chi connectivity index (χ1) is 13.9. The maximum absolute atomic E-state index is 14.7. The molecule has 8 nitrogen and oxygen atoms in total. The average Bonchev–Trinajstić information content (AvgIpc) is 2.68. The third kappa shape index (κ3) is 2.47. The molecule has 0 saturated carbocycles. The van der Waals surface area contributed by atoms with Crippen molar-refractivity contribution in [3.05, 3.63) is 28.7 Å². The van der Waals surface area contributed by atoms with Crippen LogP contribution in [0.3, 0.4) is 0 Å². The van der Waals surface area contributed by atoms with Gasteiger partial charge >= 0.3 is 6.09 Å². The lowest BCUT2D eigenvalue weighted by Crippen LogP contribution is -2.63. The molecule has 2 aromatic rings. The van der Waals surface area contributed by atoms with E-state index in [2.05, 4.69) is 4.98 Å². The highest BCUT2D eigenvalue weighted by atomic mass is 35.5. The summed E-state index contributed by atoms with van der Waals surface area (Å²) in [5, 5.41) is 10.3. The Morgan fingerprint density at radius 2 is 2.17 bits per heavy atom. The molecule has 2 unspecified atom stereocenters. The van der Waals surface area contributed by atoms with Gasteiger partial charge in [0.25, 0.3) is 0 Å². The smallest absolute Gasteiger partial charge is 0.407 e. The van der Waals surface area contributed by atoms with Gasteiger partial charge in [-0.3, -0.25) is 0 Å². The predicted molar refractivity (Wildman–Crippen MR) is 104 cm³/mol. The van der Waals surface area contributed by atoms with Crippen LogP contribution < -0.4 is 14.5 Å². The zero-order valence-electron chi connectivity index (χ0n) is 15.4. The van der Waals surface area contributed by atoms with Gasteiger partial charge in [0.2, 0.25) is 5.88 Å². The van der Waals surface area contributed by atoms with Gasteiger partial charge in [0.1, 0.15) is 29.4 Å². The average molecular weight is 419 g/mol. The van der Waals surface area contributed by atoms with Gasteiger partial charge in [0, 0.05) is 23.0 Å². The summed E-state index contributed by atoms with van der Waals surface area (Å²) in [6.45, 7) is 2.85. The Kier molecular flexibility index (Phi) is 3.88. The van der Waals surface area contributed by atoms with Crippen molar-refractivity contribution in [3.8, 4) is 5.88 Å². The molecule has 1 amide bonds. The highest BCUT2D eigenvalue weighted by Gasteiger charge is 2.46. The van der Waals surface area contributed by atoms with Gasteiger partial charge in [-0.1, -0.05) is 11.6 Å². The number of aromatic nitrogens is 1. The summed E-state index contributed by atoms with van der Waals surface area (Å²) in [4.78, 5) is 32.9. The van der Waals surface area contributed by atoms with Gasteiger partial charge in [0.15, 0.2) is 5.82 Å². The van der Waals surface area contributed by atoms with E-state index in [0.29, 0.717) is 35.5 Å². The van der Waals surface area contributed by atoms with Gasteiger partial charge in [-0.15, -0.1) is 0 Å². The number of carbonyl (C=O) groups is 1. The van der Waals surface area contributed by atoms with Crippen molar-refractivity contribution in [1.29, 1.82) is 0 Å². The van der Waals surface area contributed by atoms with Crippen LogP contribution >= 0.6 is 11.6 Å². The van der Waals surface area contributed by atoms with E-state index in [4.69, 9.17) is 16.3 Å². The Hall–Kier alpha value is -3.03. The molecule has 150 valence electrons. The minimum atomic E-state index is -1.05. The van der Waals surface area contributed by atoms with Gasteiger partial charge < -0.3 is 24.5 Å². The number of carboxylic acid groups (broad SMARTS) is 1. The Morgan fingerprint density at radius 1 is 1.38 bits per heavy atom. The number of carbonyl (C=O) groups excluding carboxylic acids is 1. The van der Waals surface area contributed by atoms with E-state index in [1.165, 1.54) is 11.0 Å². The maximum Gasteiger partial charge on any atom is 0.407 e. The monoisotopic (exact) mass is 418 g/mol. The van der Waals surface area contributed by atoms with Crippen LogP contribution in [0.25, 0.3) is 10.9 Å². The van der Waals surface area contributed by atoms with Crippen molar-refractivity contribution in [2.24, 2.45) is 0 Å². The molecule has 5 rings (SSSR count). The third-order valence-corrected chi connectivity index (χ3v) is 5.95. The van der Waals surface area contributed by atoms with Crippen molar-refractivity contribution in [3.63, 3.8) is 0 Å². The zero-order chi connectivity index (χ0) is 20.4. The zero-order valence-corrected chi connectivity index (χ0v) is 16.1. The van der Waals surface area contributed by atoms with Crippen LogP contribution in [-0.2, 0) is 4.79 Å². The maximum atomic E-state index is 14.7. The molecule has 4 heterocycles. The lowest BCUT2D eigenvalue weighted by atomic mass is 9.96. The second-order valence-electron chi connectivity index (χ2n) is 7.34. The Bertz CT molecular complexity index is 1120. The highest BCUT2D eigenvalue weighted by molar-refractivity contribution is 6.31. The standard InChI is InChI=1S/C19H16ClFN4O4/c1-9-6-25-13(7-24(9)19(27)28)14(8-26)23-2-3-29-18-17(23)16(25)11-4-10(20)5-12(21)15(11)22-18/h4-5,9,13H,2-3,6-7H2,1H3,(H,27,28). The number of amides is 1. The number of hydrogen-bond acceptors (Lipinski definition) is 6. The number of rotatable bonds is 0. The van der Waals surface area contributed by atoms with Crippen molar-refractivity contribution in [2.45, 2.75) is 19.0 Å². The van der Waals surface area contributed by atoms with Gasteiger partial charge in [-0.25, -0.2) is 19.0 Å². The molecule has 1 saturated heterocycles. The Labute approximate surface area is 169 Å². The lowest BCUT2D eigenvalue weighted by Gasteiger charge is -2.52. The molecule has 3 aliphatic rings. The minimum absolute atomic E-state index is 0.0973. The van der Waals surface area contributed by atoms with Crippen LogP contribution in [0.4, 0.5) is 20.6 Å². The summed E-state index contributed by atoms with van der Waals surface area (Å²) < 4.78 is 20.4. The molecule has 1 aromatic heterocycles. The van der Waals surface area contributed by atoms with Crippen LogP contribution in [0.5, 0.6) is 5.88 Å². The molecule has 10 heteroatoms. The van der Waals surface area contributed by atoms with E-state index >= 15 is 0 Å². The van der Waals surface area contributed by atoms with Crippen LogP contribution in [0.1, 0.15) is 6.92 Å². The number of hydrogen-bond donors (Lipinski definition) is 1. The van der Waals surface area contributed by atoms with Crippen molar-refractivity contribution < 1.29 is 23.8 Å². The molecule has 2 atom stereocenters. The molecular formula is C19H16ClFN4O4. The number of anilines is 2. The van der Waals surface area contributed by atoms with Crippen LogP contribution in [-0.4, -0.2) is 65.3 Å². The summed E-state index contributed by atoms with van der Waals surface area (Å²) in [5.74, 6) is 1.66. The molecule has 0 radical (unpaired) electrons. The second kappa shape index (κ2) is 6.23. The number of ether oxygens (including phenoxy) is 1. The Morgan fingerprint density at radius 3 is 2.90 bits per heavy atom. The van der Waals surface area contributed by atoms with E-state index in [1.54, 1.807) is 17.9 Å². The number of benzene rings is 1. The summed E-state index contributed by atoms with van der Waals surface area (Å²) in [7, 11) is 0. The molecule has 1 fully saturated rings. The Balaban J connectivity index is 1.82. The minimum Gasteiger partial charge on any atom is -0.474 e. The largest absolute Gasteiger partial charge is 0.474 e. The van der Waals surface area contributed by atoms with Crippen LogP contribution in [0.2, 0.25) is 5.02 Å². The second-order valence-corrected chi connectivity index (χ2v) is 7.77. The molecule has 0 bridgehead atoms. The SMILES string of the molecule is CC1CN2c3c4c(nc5c(F)cc(Cl)cc35)OCCN4C(=C=O)C2CN1C(=O)O. The van der Waals surface area contributed by atoms with Gasteiger partial charge in [-0.2, -0.15) is 0 Å². The fourth-order valence-corrected chi connectivity index (χ4v) is 4.70. The fraction of sp³-hybridized carbons (Fsp3) is 0.368.